The molecule has 2 aromatic heterocycles. The molecule has 134 valence electrons. The van der Waals surface area contributed by atoms with E-state index in [4.69, 9.17) is 0 Å². The Labute approximate surface area is 152 Å². The molecule has 0 aliphatic carbocycles. The van der Waals surface area contributed by atoms with Crippen LogP contribution in [0.25, 0.3) is 16.9 Å². The second kappa shape index (κ2) is 6.95. The summed E-state index contributed by atoms with van der Waals surface area (Å²) in [5, 5.41) is 6.14. The van der Waals surface area contributed by atoms with Crippen LogP contribution in [0.4, 0.5) is 11.5 Å². The van der Waals surface area contributed by atoms with Crippen LogP contribution in [-0.2, 0) is 4.79 Å². The lowest BCUT2D eigenvalue weighted by Crippen LogP contribution is -2.26. The Balaban J connectivity index is 1.97. The maximum atomic E-state index is 11.8. The zero-order valence-corrected chi connectivity index (χ0v) is 15.3. The first-order valence-corrected chi connectivity index (χ1v) is 8.37. The number of rotatable bonds is 4. The number of allylic oxidation sites excluding steroid dienone is 1. The van der Waals surface area contributed by atoms with Gasteiger partial charge in [0.15, 0.2) is 5.82 Å². The van der Waals surface area contributed by atoms with E-state index in [0.29, 0.717) is 17.3 Å². The molecule has 0 unspecified atom stereocenters. The van der Waals surface area contributed by atoms with Crippen molar-refractivity contribution in [3.05, 3.63) is 49.1 Å². The average molecular weight is 350 g/mol. The summed E-state index contributed by atoms with van der Waals surface area (Å²) >= 11 is 0. The van der Waals surface area contributed by atoms with Gasteiger partial charge in [0.25, 0.3) is 0 Å². The first kappa shape index (κ1) is 17.6. The molecule has 3 aromatic rings. The summed E-state index contributed by atoms with van der Waals surface area (Å²) in [6.45, 7) is 7.99. The fourth-order valence-corrected chi connectivity index (χ4v) is 2.52. The van der Waals surface area contributed by atoms with Crippen molar-refractivity contribution < 1.29 is 4.79 Å². The average Bonchev–Trinajstić information content (AvgIpc) is 2.97. The molecule has 7 heteroatoms. The molecule has 7 nitrogen and oxygen atoms in total. The van der Waals surface area contributed by atoms with Gasteiger partial charge in [0.1, 0.15) is 12.1 Å². The third-order valence-corrected chi connectivity index (χ3v) is 3.50. The van der Waals surface area contributed by atoms with E-state index in [0.717, 1.165) is 11.0 Å². The van der Waals surface area contributed by atoms with Gasteiger partial charge >= 0.3 is 0 Å². The number of nitrogens with one attached hydrogen (secondary N) is 2. The second-order valence-corrected chi connectivity index (χ2v) is 6.94. The molecule has 0 radical (unpaired) electrons. The molecule has 0 spiro atoms. The third kappa shape index (κ3) is 4.05. The molecule has 3 rings (SSSR count). The van der Waals surface area contributed by atoms with E-state index >= 15 is 0 Å². The molecule has 0 aliphatic heterocycles. The summed E-state index contributed by atoms with van der Waals surface area (Å²) in [4.78, 5) is 25.1. The normalized spacial score (nSPS) is 11.8. The standard InChI is InChI=1S/C19H22N6O/c1-5-6-18(26)22-13-7-8-14-15(9-13)25(12-21-14)17-11-20-10-16(23-17)24-19(2,3)4/h5-12H,1-4H3,(H,22,26)(H,23,24). The Kier molecular flexibility index (Phi) is 4.71. The number of amides is 1. The highest BCUT2D eigenvalue weighted by molar-refractivity contribution is 6.00. The zero-order valence-electron chi connectivity index (χ0n) is 15.3. The number of imidazole rings is 1. The lowest BCUT2D eigenvalue weighted by Gasteiger charge is -2.21. The van der Waals surface area contributed by atoms with Gasteiger partial charge in [0.05, 0.1) is 23.4 Å². The molecule has 0 fully saturated rings. The van der Waals surface area contributed by atoms with Gasteiger partial charge in [-0.05, 0) is 52.0 Å². The molecular formula is C19H22N6O. The quantitative estimate of drug-likeness (QED) is 0.703. The highest BCUT2D eigenvalue weighted by atomic mass is 16.1. The van der Waals surface area contributed by atoms with Gasteiger partial charge in [-0.2, -0.15) is 0 Å². The van der Waals surface area contributed by atoms with Crippen LogP contribution in [0.2, 0.25) is 0 Å². The molecule has 2 N–H and O–H groups in total. The van der Waals surface area contributed by atoms with Crippen LogP contribution < -0.4 is 10.6 Å². The number of hydrogen-bond acceptors (Lipinski definition) is 5. The zero-order chi connectivity index (χ0) is 18.7. The molecule has 0 aliphatic rings. The first-order chi connectivity index (χ1) is 12.4. The van der Waals surface area contributed by atoms with Crippen LogP contribution in [0, 0.1) is 0 Å². The number of benzene rings is 1. The minimum absolute atomic E-state index is 0.117. The SMILES string of the molecule is CC=CC(=O)Nc1ccc2ncn(-c3cncc(NC(C)(C)C)n3)c2c1. The Hall–Kier alpha value is -3.22. The fraction of sp³-hybridized carbons (Fsp3) is 0.263. The highest BCUT2D eigenvalue weighted by Gasteiger charge is 2.12. The second-order valence-electron chi connectivity index (χ2n) is 6.94. The summed E-state index contributed by atoms with van der Waals surface area (Å²) in [7, 11) is 0. The van der Waals surface area contributed by atoms with E-state index < -0.39 is 0 Å². The maximum absolute atomic E-state index is 11.8. The van der Waals surface area contributed by atoms with Gasteiger partial charge in [-0.15, -0.1) is 0 Å². The lowest BCUT2D eigenvalue weighted by atomic mass is 10.1. The van der Waals surface area contributed by atoms with Crippen LogP contribution in [0.3, 0.4) is 0 Å². The van der Waals surface area contributed by atoms with Crippen LogP contribution in [0.15, 0.2) is 49.1 Å². The number of aromatic nitrogens is 4. The van der Waals surface area contributed by atoms with Crippen LogP contribution in [0.5, 0.6) is 0 Å². The Morgan fingerprint density at radius 1 is 1.23 bits per heavy atom. The Bertz CT molecular complexity index is 968. The van der Waals surface area contributed by atoms with E-state index in [1.54, 1.807) is 31.7 Å². The summed E-state index contributed by atoms with van der Waals surface area (Å²) in [6.07, 6.45) is 8.25. The molecule has 0 saturated carbocycles. The van der Waals surface area contributed by atoms with Crippen molar-refractivity contribution in [1.82, 2.24) is 19.5 Å². The van der Waals surface area contributed by atoms with Gasteiger partial charge in [-0.25, -0.2) is 9.97 Å². The van der Waals surface area contributed by atoms with Crippen molar-refractivity contribution in [3.63, 3.8) is 0 Å². The van der Waals surface area contributed by atoms with E-state index in [2.05, 4.69) is 46.4 Å². The molecule has 0 atom stereocenters. The van der Waals surface area contributed by atoms with Gasteiger partial charge in [0.2, 0.25) is 5.91 Å². The maximum Gasteiger partial charge on any atom is 0.248 e. The number of fused-ring (bicyclic) bond motifs is 1. The van der Waals surface area contributed by atoms with Gasteiger partial charge in [-0.1, -0.05) is 6.08 Å². The topological polar surface area (TPSA) is 84.7 Å². The molecule has 2 heterocycles. The molecular weight excluding hydrogens is 328 g/mol. The van der Waals surface area contributed by atoms with Gasteiger partial charge < -0.3 is 10.6 Å². The molecule has 26 heavy (non-hydrogen) atoms. The Morgan fingerprint density at radius 3 is 2.77 bits per heavy atom. The Morgan fingerprint density at radius 2 is 2.04 bits per heavy atom. The van der Waals surface area contributed by atoms with Crippen LogP contribution in [-0.4, -0.2) is 31.0 Å². The van der Waals surface area contributed by atoms with Crippen LogP contribution in [0.1, 0.15) is 27.7 Å². The minimum atomic E-state index is -0.172. The van der Waals surface area contributed by atoms with Crippen molar-refractivity contribution in [3.8, 4) is 5.82 Å². The smallest absolute Gasteiger partial charge is 0.248 e. The molecule has 1 amide bonds. The predicted octanol–water partition coefficient (Wildman–Crippen LogP) is 3.54. The molecule has 0 saturated heterocycles. The number of carbonyl (C=O) groups excluding carboxylic acids is 1. The van der Waals surface area contributed by atoms with Crippen molar-refractivity contribution in [1.29, 1.82) is 0 Å². The van der Waals surface area contributed by atoms with Crippen molar-refractivity contribution in [2.24, 2.45) is 0 Å². The van der Waals surface area contributed by atoms with Crippen LogP contribution >= 0.6 is 0 Å². The monoisotopic (exact) mass is 350 g/mol. The summed E-state index contributed by atoms with van der Waals surface area (Å²) in [5.41, 5.74) is 2.23. The van der Waals surface area contributed by atoms with E-state index in [1.165, 1.54) is 6.08 Å². The summed E-state index contributed by atoms with van der Waals surface area (Å²) < 4.78 is 1.85. The number of anilines is 2. The van der Waals surface area contributed by atoms with E-state index in [-0.39, 0.29) is 11.4 Å². The summed E-state index contributed by atoms with van der Waals surface area (Å²) in [5.74, 6) is 1.17. The lowest BCUT2D eigenvalue weighted by molar-refractivity contribution is -0.111. The number of hydrogen-bond donors (Lipinski definition) is 2. The molecule has 0 bridgehead atoms. The highest BCUT2D eigenvalue weighted by Crippen LogP contribution is 2.22. The van der Waals surface area contributed by atoms with Crippen molar-refractivity contribution in [2.75, 3.05) is 10.6 Å². The molecule has 1 aromatic carbocycles. The summed E-state index contributed by atoms with van der Waals surface area (Å²) in [6, 6.07) is 5.56. The van der Waals surface area contributed by atoms with E-state index in [1.807, 2.05) is 22.8 Å². The van der Waals surface area contributed by atoms with Gasteiger partial charge in [0, 0.05) is 11.2 Å². The van der Waals surface area contributed by atoms with Crippen molar-refractivity contribution in [2.45, 2.75) is 33.2 Å². The third-order valence-electron chi connectivity index (χ3n) is 3.50. The van der Waals surface area contributed by atoms with E-state index in [9.17, 15) is 4.79 Å². The number of carbonyl (C=O) groups is 1. The first-order valence-electron chi connectivity index (χ1n) is 8.37. The van der Waals surface area contributed by atoms with Crippen molar-refractivity contribution >= 4 is 28.4 Å². The minimum Gasteiger partial charge on any atom is -0.364 e. The largest absolute Gasteiger partial charge is 0.364 e. The number of nitrogens with zero attached hydrogens (tertiary/aromatic N) is 4. The predicted molar refractivity (Wildman–Crippen MR) is 103 cm³/mol. The fourth-order valence-electron chi connectivity index (χ4n) is 2.52. The van der Waals surface area contributed by atoms with Gasteiger partial charge in [-0.3, -0.25) is 14.3 Å².